The number of hydrogen-bond acceptors (Lipinski definition) is 6. The molecule has 4 aliphatic rings. The Morgan fingerprint density at radius 3 is 1.06 bits per heavy atom. The van der Waals surface area contributed by atoms with Gasteiger partial charge in [-0.25, -0.2) is 4.90 Å². The monoisotopic (exact) mass is 1570 g/mol. The number of fused-ring (bicyclic) bond motifs is 8. The van der Waals surface area contributed by atoms with Gasteiger partial charge in [0, 0.05) is 60.8 Å². The van der Waals surface area contributed by atoms with E-state index in [4.69, 9.17) is 9.47 Å². The molecule has 118 heavy (non-hydrogen) atoms. The van der Waals surface area contributed by atoms with E-state index in [9.17, 15) is 0 Å². The van der Waals surface area contributed by atoms with E-state index in [0.717, 1.165) is 131 Å². The van der Waals surface area contributed by atoms with Gasteiger partial charge >= 0.3 is 0 Å². The zero-order valence-corrected chi connectivity index (χ0v) is 74.4. The molecule has 2 aliphatic carbocycles. The molecule has 0 fully saturated rings. The van der Waals surface area contributed by atoms with Crippen molar-refractivity contribution in [3.63, 3.8) is 0 Å². The molecule has 616 valence electrons. The van der Waals surface area contributed by atoms with Crippen molar-refractivity contribution in [3.8, 4) is 56.4 Å². The number of amides is 4. The topological polar surface area (TPSA) is 93.2 Å². The van der Waals surface area contributed by atoms with Crippen LogP contribution in [0.15, 0.2) is 152 Å². The van der Waals surface area contributed by atoms with Gasteiger partial charge in [-0.3, -0.25) is 24.1 Å². The summed E-state index contributed by atoms with van der Waals surface area (Å²) < 4.78 is 15.2. The molecular formula is C110H130N2O6. The number of carbonyl (C=O) groups is 4. The summed E-state index contributed by atoms with van der Waals surface area (Å²) >= 11 is 0. The lowest BCUT2D eigenvalue weighted by molar-refractivity contribution is 0.0606. The zero-order chi connectivity index (χ0) is 83.5. The van der Waals surface area contributed by atoms with E-state index in [2.05, 4.69) is 227 Å². The van der Waals surface area contributed by atoms with E-state index in [1.54, 1.807) is 0 Å². The normalized spacial score (nSPS) is 14.9. The summed E-state index contributed by atoms with van der Waals surface area (Å²) in [5.41, 5.74) is 18.3. The van der Waals surface area contributed by atoms with Gasteiger partial charge in [-0.15, -0.1) is 0 Å². The highest BCUT2D eigenvalue weighted by Crippen LogP contribution is 2.60. The Morgan fingerprint density at radius 1 is 0.288 bits per heavy atom. The van der Waals surface area contributed by atoms with Gasteiger partial charge in [-0.2, -0.15) is 0 Å². The number of rotatable bonds is 33. The third kappa shape index (κ3) is 15.3. The van der Waals surface area contributed by atoms with E-state index in [1.165, 1.54) is 117 Å². The van der Waals surface area contributed by atoms with Crippen LogP contribution < -0.4 is 14.4 Å². The fourth-order valence-corrected chi connectivity index (χ4v) is 20.6. The minimum absolute atomic E-state index is 0.0520. The zero-order valence-electron chi connectivity index (χ0n) is 74.4. The van der Waals surface area contributed by atoms with Gasteiger partial charge in [-0.05, 0) is 215 Å². The van der Waals surface area contributed by atoms with Crippen LogP contribution in [0.1, 0.15) is 371 Å². The van der Waals surface area contributed by atoms with Gasteiger partial charge in [0.2, 0.25) is 0 Å². The molecule has 0 saturated carbocycles. The number of carbonyl (C=O) groups excluding carboxylic acids is 4. The molecule has 0 aromatic heterocycles. The van der Waals surface area contributed by atoms with E-state index in [0.29, 0.717) is 107 Å². The fourth-order valence-electron chi connectivity index (χ4n) is 20.6. The lowest BCUT2D eigenvalue weighted by Gasteiger charge is -2.35. The predicted molar refractivity (Wildman–Crippen MR) is 495 cm³/mol. The molecule has 0 unspecified atom stereocenters. The summed E-state index contributed by atoms with van der Waals surface area (Å²) in [5.74, 6) is 0.563. The largest absolute Gasteiger partial charge is 0.457 e. The molecule has 11 aromatic carbocycles. The first-order valence-electron chi connectivity index (χ1n) is 45.7. The molecule has 0 bridgehead atoms. The highest BCUT2D eigenvalue weighted by molar-refractivity contribution is 6.45. The van der Waals surface area contributed by atoms with Gasteiger partial charge in [-0.1, -0.05) is 331 Å². The average molecular weight is 1580 g/mol. The fraction of sp³-hybridized carbons (Fsp3) is 0.455. The van der Waals surface area contributed by atoms with Crippen LogP contribution in [0.3, 0.4) is 0 Å². The Labute approximate surface area is 705 Å². The summed E-state index contributed by atoms with van der Waals surface area (Å²) in [5, 5.41) is 5.20. The van der Waals surface area contributed by atoms with Crippen molar-refractivity contribution >= 4 is 72.4 Å². The van der Waals surface area contributed by atoms with Crippen molar-refractivity contribution in [3.05, 3.63) is 218 Å². The van der Waals surface area contributed by atoms with Gasteiger partial charge < -0.3 is 9.47 Å². The second-order valence-electron chi connectivity index (χ2n) is 39.8. The first kappa shape index (κ1) is 83.7. The molecule has 0 radical (unpaired) electrons. The molecular weight excluding hydrogens is 1450 g/mol. The number of imide groups is 2. The van der Waals surface area contributed by atoms with Crippen LogP contribution in [0.2, 0.25) is 0 Å². The van der Waals surface area contributed by atoms with E-state index in [-0.39, 0.29) is 38.9 Å². The smallest absolute Gasteiger partial charge is 0.266 e. The second kappa shape index (κ2) is 33.3. The van der Waals surface area contributed by atoms with E-state index < -0.39 is 17.2 Å². The average Bonchev–Trinajstić information content (AvgIpc) is 0.911. The highest BCUT2D eigenvalue weighted by atomic mass is 16.5. The van der Waals surface area contributed by atoms with Crippen molar-refractivity contribution in [1.82, 2.24) is 4.90 Å². The molecule has 0 spiro atoms. The number of benzene rings is 11. The summed E-state index contributed by atoms with van der Waals surface area (Å²) in [6, 6.07) is 55.3. The number of ether oxygens (including phenoxy) is 2. The van der Waals surface area contributed by atoms with Crippen LogP contribution in [0.4, 0.5) is 5.69 Å². The lowest BCUT2D eigenvalue weighted by Crippen LogP contribution is -2.41. The second-order valence-corrected chi connectivity index (χ2v) is 39.8. The van der Waals surface area contributed by atoms with Crippen molar-refractivity contribution in [2.45, 2.75) is 317 Å². The van der Waals surface area contributed by atoms with Crippen LogP contribution >= 0.6 is 0 Å². The Bertz CT molecular complexity index is 5590. The third-order valence-corrected chi connectivity index (χ3v) is 27.3. The Morgan fingerprint density at radius 2 is 0.627 bits per heavy atom. The van der Waals surface area contributed by atoms with Gasteiger partial charge in [0.25, 0.3) is 23.6 Å². The van der Waals surface area contributed by atoms with Crippen molar-refractivity contribution in [1.29, 1.82) is 0 Å². The molecule has 0 N–H and O–H groups in total. The molecule has 0 atom stereocenters. The molecule has 2 aliphatic heterocycles. The Hall–Kier alpha value is -9.40. The maximum atomic E-state index is 17.0. The van der Waals surface area contributed by atoms with Gasteiger partial charge in [0.15, 0.2) is 0 Å². The Balaban J connectivity index is 0.929. The molecule has 2 heterocycles. The summed E-state index contributed by atoms with van der Waals surface area (Å²) in [7, 11) is 0. The Kier molecular flexibility index (Phi) is 23.6. The quantitative estimate of drug-likeness (QED) is 0.0176. The van der Waals surface area contributed by atoms with Crippen LogP contribution in [0.5, 0.6) is 23.0 Å². The first-order chi connectivity index (χ1) is 56.5. The van der Waals surface area contributed by atoms with Crippen LogP contribution in [-0.4, -0.2) is 35.1 Å². The first-order valence-corrected chi connectivity index (χ1v) is 45.7. The summed E-state index contributed by atoms with van der Waals surface area (Å²) in [6.07, 6.45) is 29.0. The van der Waals surface area contributed by atoms with Crippen molar-refractivity contribution < 1.29 is 28.7 Å². The molecule has 8 heteroatoms. The maximum Gasteiger partial charge on any atom is 0.266 e. The standard InChI is InChI=1S/C110H130N2O6/c1-18-23-28-33-34-41-58-111-101(113)85-52-50-83-98-94(118-78-65-74(107(12,13)14)62-75(66-78)108(15,16)17)69-88-96-86(53-51-84(100(96)98)97-93(68-87(102(111)114)95(85)99(83)97)117-77-63-72(105(6,7)8)61-73(64-77)106(9,10)11)103(115)112(104(88)116)76-46-49-82-81-48-45-71(60-91(81)110(92(82)67-76,56-39-31-26-21-4)57-40-32-27-22-5)70-44-47-80-79-42-35-36-43-89(79)109(90(80)59-70,54-37-29-24-19-2)55-38-30-25-20-3/h35-36,42-53,59-69H,18-34,37-41,54-58H2,1-17H3. The number of hydrogen-bond donors (Lipinski definition) is 0. The van der Waals surface area contributed by atoms with Gasteiger partial charge in [0.1, 0.15) is 23.0 Å². The number of unbranched alkanes of at least 4 members (excludes halogenated alkanes) is 17. The predicted octanol–water partition coefficient (Wildman–Crippen LogP) is 31.4. The van der Waals surface area contributed by atoms with Crippen molar-refractivity contribution in [2.24, 2.45) is 0 Å². The minimum Gasteiger partial charge on any atom is -0.457 e. The van der Waals surface area contributed by atoms with Crippen LogP contribution in [-0.2, 0) is 32.5 Å². The third-order valence-electron chi connectivity index (χ3n) is 27.3. The molecule has 4 amide bonds. The highest BCUT2D eigenvalue weighted by Gasteiger charge is 2.47. The molecule has 15 rings (SSSR count). The van der Waals surface area contributed by atoms with Crippen molar-refractivity contribution in [2.75, 3.05) is 11.4 Å². The number of anilines is 1. The molecule has 8 nitrogen and oxygen atoms in total. The van der Waals surface area contributed by atoms with E-state index in [1.807, 2.05) is 42.5 Å². The summed E-state index contributed by atoms with van der Waals surface area (Å²) in [6.45, 7) is 38.4. The van der Waals surface area contributed by atoms with E-state index >= 15 is 19.2 Å². The van der Waals surface area contributed by atoms with Gasteiger partial charge in [0.05, 0.1) is 16.8 Å². The SMILES string of the molecule is CCCCCCCCN1C(=O)c2ccc3c4c(Oc5cc(C(C)(C)C)cc(C(C)(C)C)c5)cc5c6c(ccc(c7c(Oc8cc(C(C)(C)C)cc(C(C)(C)C)c8)cc(c2c37)C1=O)c64)C(=O)N(c1ccc2c(c1)C(CCCCCC)(CCCCCC)c1cc(-c3ccc4c(c3)C(CCCCCC)(CCCCCC)c3ccccc3-4)ccc1-2)C5=O. The minimum atomic E-state index is -0.437. The molecule has 11 aromatic rings. The number of nitrogens with zero attached hydrogens (tertiary/aromatic N) is 2. The summed E-state index contributed by atoms with van der Waals surface area (Å²) in [4.78, 5) is 67.6. The molecule has 0 saturated heterocycles. The van der Waals surface area contributed by atoms with Crippen LogP contribution in [0, 0.1) is 0 Å². The lowest BCUT2D eigenvalue weighted by atomic mass is 9.69. The maximum absolute atomic E-state index is 17.0. The van der Waals surface area contributed by atoms with Crippen LogP contribution in [0.25, 0.3) is 76.5 Å².